The highest BCUT2D eigenvalue weighted by Crippen LogP contribution is 2.31. The fraction of sp³-hybridized carbons (Fsp3) is 0.389. The number of amides is 1. The number of nitrogens with zero attached hydrogens (tertiary/aromatic N) is 2. The number of hydrogen-bond donors (Lipinski definition) is 2. The Labute approximate surface area is 140 Å². The Balaban J connectivity index is 1.71. The largest absolute Gasteiger partial charge is 0.487 e. The van der Waals surface area contributed by atoms with Crippen LogP contribution in [0.3, 0.4) is 0 Å². The van der Waals surface area contributed by atoms with Crippen molar-refractivity contribution in [1.29, 1.82) is 0 Å². The Bertz CT molecular complexity index is 791. The number of aromatic nitrogens is 2. The Hall–Kier alpha value is -2.63. The molecular formula is C18H20N4O2. The van der Waals surface area contributed by atoms with Crippen LogP contribution in [0, 0.1) is 6.92 Å². The monoisotopic (exact) mass is 324 g/mol. The second-order valence-corrected chi connectivity index (χ2v) is 6.25. The summed E-state index contributed by atoms with van der Waals surface area (Å²) >= 11 is 0. The first-order valence-electron chi connectivity index (χ1n) is 8.32. The lowest BCUT2D eigenvalue weighted by Gasteiger charge is -2.24. The first-order chi connectivity index (χ1) is 11.7. The molecule has 4 rings (SSSR count). The van der Waals surface area contributed by atoms with Crippen LogP contribution in [0.4, 0.5) is 5.82 Å². The second kappa shape index (κ2) is 6.11. The van der Waals surface area contributed by atoms with Gasteiger partial charge >= 0.3 is 0 Å². The zero-order valence-electron chi connectivity index (χ0n) is 13.6. The SMILES string of the molecule is Cc1nc2c(c(N[C@@H]3CCCNC3=O)n1)Cc1ccccc1OC2. The van der Waals surface area contributed by atoms with Crippen molar-refractivity contribution < 1.29 is 9.53 Å². The molecule has 6 nitrogen and oxygen atoms in total. The lowest BCUT2D eigenvalue weighted by atomic mass is 10.0. The summed E-state index contributed by atoms with van der Waals surface area (Å²) in [6.45, 7) is 3.03. The van der Waals surface area contributed by atoms with E-state index < -0.39 is 0 Å². The van der Waals surface area contributed by atoms with E-state index in [2.05, 4.69) is 26.7 Å². The van der Waals surface area contributed by atoms with Crippen LogP contribution in [0.5, 0.6) is 5.75 Å². The molecule has 2 aliphatic heterocycles. The van der Waals surface area contributed by atoms with Crippen molar-refractivity contribution in [2.45, 2.75) is 38.8 Å². The summed E-state index contributed by atoms with van der Waals surface area (Å²) in [6.07, 6.45) is 2.49. The summed E-state index contributed by atoms with van der Waals surface area (Å²) in [5.74, 6) is 2.35. The van der Waals surface area contributed by atoms with E-state index in [4.69, 9.17) is 4.74 Å². The van der Waals surface area contributed by atoms with Crippen molar-refractivity contribution in [1.82, 2.24) is 15.3 Å². The molecule has 1 amide bonds. The number of ether oxygens (including phenoxy) is 1. The number of aryl methyl sites for hydroxylation is 1. The van der Waals surface area contributed by atoms with Crippen molar-refractivity contribution in [3.05, 3.63) is 46.9 Å². The molecule has 2 aliphatic rings. The number of carbonyl (C=O) groups excluding carboxylic acids is 1. The molecule has 6 heteroatoms. The molecule has 0 unspecified atom stereocenters. The van der Waals surface area contributed by atoms with Gasteiger partial charge in [-0.1, -0.05) is 18.2 Å². The van der Waals surface area contributed by atoms with Gasteiger partial charge in [-0.3, -0.25) is 4.79 Å². The molecule has 124 valence electrons. The minimum Gasteiger partial charge on any atom is -0.487 e. The van der Waals surface area contributed by atoms with Gasteiger partial charge in [0, 0.05) is 18.5 Å². The smallest absolute Gasteiger partial charge is 0.242 e. The van der Waals surface area contributed by atoms with E-state index in [1.54, 1.807) is 0 Å². The number of piperidine rings is 1. The molecular weight excluding hydrogens is 304 g/mol. The summed E-state index contributed by atoms with van der Waals surface area (Å²) in [6, 6.07) is 7.77. The first-order valence-corrected chi connectivity index (χ1v) is 8.32. The Morgan fingerprint density at radius 1 is 1.29 bits per heavy atom. The maximum absolute atomic E-state index is 12.1. The zero-order valence-corrected chi connectivity index (χ0v) is 13.6. The highest BCUT2D eigenvalue weighted by molar-refractivity contribution is 5.85. The Morgan fingerprint density at radius 2 is 2.17 bits per heavy atom. The number of para-hydroxylation sites is 1. The van der Waals surface area contributed by atoms with Crippen LogP contribution < -0.4 is 15.4 Å². The molecule has 1 fully saturated rings. The fourth-order valence-corrected chi connectivity index (χ4v) is 3.28. The van der Waals surface area contributed by atoms with Crippen molar-refractivity contribution in [2.24, 2.45) is 0 Å². The first kappa shape index (κ1) is 14.9. The van der Waals surface area contributed by atoms with E-state index in [9.17, 15) is 4.79 Å². The zero-order chi connectivity index (χ0) is 16.5. The molecule has 0 spiro atoms. The number of carbonyl (C=O) groups is 1. The summed E-state index contributed by atoms with van der Waals surface area (Å²) in [7, 11) is 0. The highest BCUT2D eigenvalue weighted by Gasteiger charge is 2.26. The van der Waals surface area contributed by atoms with E-state index in [-0.39, 0.29) is 11.9 Å². The third kappa shape index (κ3) is 2.79. The van der Waals surface area contributed by atoms with Gasteiger partial charge in [0.05, 0.1) is 5.69 Å². The predicted octanol–water partition coefficient (Wildman–Crippen LogP) is 1.96. The molecule has 0 aliphatic carbocycles. The maximum atomic E-state index is 12.1. The van der Waals surface area contributed by atoms with Crippen LogP contribution in [-0.4, -0.2) is 28.5 Å². The van der Waals surface area contributed by atoms with Crippen LogP contribution in [0.2, 0.25) is 0 Å². The number of anilines is 1. The summed E-state index contributed by atoms with van der Waals surface area (Å²) < 4.78 is 5.90. The van der Waals surface area contributed by atoms with E-state index >= 15 is 0 Å². The van der Waals surface area contributed by atoms with Gasteiger partial charge in [0.2, 0.25) is 5.91 Å². The van der Waals surface area contributed by atoms with E-state index in [1.165, 1.54) is 0 Å². The average Bonchev–Trinajstić information content (AvgIpc) is 2.76. The Kier molecular flexibility index (Phi) is 3.80. The Morgan fingerprint density at radius 3 is 3.04 bits per heavy atom. The van der Waals surface area contributed by atoms with Crippen LogP contribution in [-0.2, 0) is 17.8 Å². The lowest BCUT2D eigenvalue weighted by molar-refractivity contribution is -0.123. The quantitative estimate of drug-likeness (QED) is 0.883. The van der Waals surface area contributed by atoms with Crippen molar-refractivity contribution in [3.63, 3.8) is 0 Å². The second-order valence-electron chi connectivity index (χ2n) is 6.25. The fourth-order valence-electron chi connectivity index (χ4n) is 3.28. The van der Waals surface area contributed by atoms with Crippen LogP contribution in [0.15, 0.2) is 24.3 Å². The summed E-state index contributed by atoms with van der Waals surface area (Å²) in [5.41, 5.74) is 3.01. The van der Waals surface area contributed by atoms with Crippen molar-refractivity contribution >= 4 is 11.7 Å². The predicted molar refractivity (Wildman–Crippen MR) is 90.0 cm³/mol. The number of fused-ring (bicyclic) bond motifs is 2. The van der Waals surface area contributed by atoms with Crippen LogP contribution in [0.1, 0.15) is 35.5 Å². The van der Waals surface area contributed by atoms with Gasteiger partial charge in [-0.2, -0.15) is 0 Å². The minimum absolute atomic E-state index is 0.0385. The van der Waals surface area contributed by atoms with Gasteiger partial charge in [0.1, 0.15) is 30.0 Å². The van der Waals surface area contributed by atoms with Crippen molar-refractivity contribution in [2.75, 3.05) is 11.9 Å². The molecule has 24 heavy (non-hydrogen) atoms. The van der Waals surface area contributed by atoms with E-state index in [1.807, 2.05) is 25.1 Å². The molecule has 3 heterocycles. The molecule has 1 aromatic heterocycles. The number of hydrogen-bond acceptors (Lipinski definition) is 5. The van der Waals surface area contributed by atoms with Gasteiger partial charge in [0.15, 0.2) is 0 Å². The minimum atomic E-state index is -0.239. The maximum Gasteiger partial charge on any atom is 0.242 e. The highest BCUT2D eigenvalue weighted by atomic mass is 16.5. The third-order valence-corrected chi connectivity index (χ3v) is 4.51. The molecule has 0 bridgehead atoms. The standard InChI is InChI=1S/C18H20N4O2/c1-11-20-15-10-24-16-7-3-2-5-12(16)9-13(15)17(21-11)22-14-6-4-8-19-18(14)23/h2-3,5,7,14H,4,6,8-10H2,1H3,(H,19,23)(H,20,21,22)/t14-/m1/s1. The molecule has 1 aromatic carbocycles. The number of nitrogens with one attached hydrogen (secondary N) is 2. The number of rotatable bonds is 2. The normalized spacial score (nSPS) is 19.4. The molecule has 2 N–H and O–H groups in total. The molecule has 1 atom stereocenters. The summed E-state index contributed by atoms with van der Waals surface area (Å²) in [5, 5.41) is 6.24. The van der Waals surface area contributed by atoms with Crippen LogP contribution >= 0.6 is 0 Å². The van der Waals surface area contributed by atoms with Gasteiger partial charge in [-0.05, 0) is 31.4 Å². The average molecular weight is 324 g/mol. The molecule has 1 saturated heterocycles. The lowest BCUT2D eigenvalue weighted by Crippen LogP contribution is -2.44. The van der Waals surface area contributed by atoms with Gasteiger partial charge in [-0.15, -0.1) is 0 Å². The van der Waals surface area contributed by atoms with Gasteiger partial charge in [-0.25, -0.2) is 9.97 Å². The third-order valence-electron chi connectivity index (χ3n) is 4.51. The molecule has 2 aromatic rings. The topological polar surface area (TPSA) is 76.1 Å². The van der Waals surface area contributed by atoms with E-state index in [0.717, 1.165) is 47.8 Å². The number of benzene rings is 1. The molecule has 0 radical (unpaired) electrons. The molecule has 0 saturated carbocycles. The van der Waals surface area contributed by atoms with E-state index in [0.29, 0.717) is 18.9 Å². The van der Waals surface area contributed by atoms with Crippen LogP contribution in [0.25, 0.3) is 0 Å². The summed E-state index contributed by atoms with van der Waals surface area (Å²) in [4.78, 5) is 21.2. The van der Waals surface area contributed by atoms with Crippen molar-refractivity contribution in [3.8, 4) is 5.75 Å². The van der Waals surface area contributed by atoms with Gasteiger partial charge < -0.3 is 15.4 Å². The van der Waals surface area contributed by atoms with Gasteiger partial charge in [0.25, 0.3) is 0 Å².